The molecule has 178 valence electrons. The highest BCUT2D eigenvalue weighted by Gasteiger charge is 2.52. The molecule has 0 saturated heterocycles. The number of carbonyl (C=O) groups is 2. The molecule has 2 aromatic carbocycles. The number of carbonyl (C=O) groups excluding carboxylic acids is 1. The van der Waals surface area contributed by atoms with Crippen LogP contribution >= 0.6 is 0 Å². The zero-order valence-corrected chi connectivity index (χ0v) is 19.9. The van der Waals surface area contributed by atoms with Gasteiger partial charge in [0.05, 0.1) is 0 Å². The topological polar surface area (TPSA) is 75.6 Å². The molecule has 1 amide bonds. The fourth-order valence-corrected chi connectivity index (χ4v) is 6.97. The molecule has 5 nitrogen and oxygen atoms in total. The number of hydrogen-bond donors (Lipinski definition) is 2. The van der Waals surface area contributed by atoms with Crippen molar-refractivity contribution in [1.29, 1.82) is 0 Å². The lowest BCUT2D eigenvalue weighted by Gasteiger charge is -2.57. The normalized spacial score (nSPS) is 27.3. The average Bonchev–Trinajstić information content (AvgIpc) is 2.77. The van der Waals surface area contributed by atoms with E-state index in [0.29, 0.717) is 5.75 Å². The van der Waals surface area contributed by atoms with Crippen LogP contribution < -0.4 is 10.1 Å². The predicted molar refractivity (Wildman–Crippen MR) is 133 cm³/mol. The molecule has 0 radical (unpaired) electrons. The van der Waals surface area contributed by atoms with Crippen LogP contribution in [0, 0.1) is 17.8 Å². The zero-order chi connectivity index (χ0) is 23.9. The number of ether oxygens (including phenoxy) is 1. The Morgan fingerprint density at radius 2 is 1.56 bits per heavy atom. The lowest BCUT2D eigenvalue weighted by molar-refractivity contribution is -0.131. The van der Waals surface area contributed by atoms with E-state index in [2.05, 4.69) is 11.4 Å². The van der Waals surface area contributed by atoms with Crippen LogP contribution in [0.1, 0.15) is 63.5 Å². The minimum Gasteiger partial charge on any atom is -0.478 e. The van der Waals surface area contributed by atoms with E-state index in [0.717, 1.165) is 40.5 Å². The van der Waals surface area contributed by atoms with Gasteiger partial charge in [0.15, 0.2) is 0 Å². The summed E-state index contributed by atoms with van der Waals surface area (Å²) in [6.45, 7) is 3.86. The molecule has 4 bridgehead atoms. The lowest BCUT2D eigenvalue weighted by Crippen LogP contribution is -2.48. The van der Waals surface area contributed by atoms with Gasteiger partial charge < -0.3 is 15.2 Å². The van der Waals surface area contributed by atoms with Crippen LogP contribution in [-0.2, 0) is 10.2 Å². The van der Waals surface area contributed by atoms with Crippen LogP contribution in [0.2, 0.25) is 0 Å². The minimum atomic E-state index is -0.957. The molecular weight excluding hydrogens is 426 g/mol. The number of carboxylic acid groups (broad SMARTS) is 1. The van der Waals surface area contributed by atoms with Crippen molar-refractivity contribution in [3.05, 3.63) is 59.7 Å². The Hall–Kier alpha value is -3.08. The summed E-state index contributed by atoms with van der Waals surface area (Å²) in [6, 6.07) is 14.1. The molecule has 0 atom stereocenters. The Morgan fingerprint density at radius 3 is 2.12 bits per heavy atom. The Bertz CT molecular complexity index is 1080. The molecule has 5 heteroatoms. The monoisotopic (exact) mass is 459 g/mol. The number of aliphatic carboxylic acids is 1. The summed E-state index contributed by atoms with van der Waals surface area (Å²) in [6.07, 6.45) is 9.96. The molecule has 2 N–H and O–H groups in total. The van der Waals surface area contributed by atoms with E-state index >= 15 is 0 Å². The summed E-state index contributed by atoms with van der Waals surface area (Å²) in [5.74, 6) is 2.08. The van der Waals surface area contributed by atoms with Gasteiger partial charge in [0, 0.05) is 17.7 Å². The number of nitrogens with one attached hydrogen (secondary N) is 1. The maximum Gasteiger partial charge on any atom is 0.412 e. The second-order valence-electron chi connectivity index (χ2n) is 10.9. The molecule has 4 saturated carbocycles. The van der Waals surface area contributed by atoms with Gasteiger partial charge in [0.1, 0.15) is 5.75 Å². The Kier molecular flexibility index (Phi) is 5.97. The van der Waals surface area contributed by atoms with Crippen molar-refractivity contribution in [2.45, 2.75) is 63.8 Å². The third-order valence-electron chi connectivity index (χ3n) is 7.86. The van der Waals surface area contributed by atoms with Crippen molar-refractivity contribution in [1.82, 2.24) is 5.32 Å². The van der Waals surface area contributed by atoms with Crippen LogP contribution in [0.15, 0.2) is 48.5 Å². The first-order chi connectivity index (χ1) is 16.3. The minimum absolute atomic E-state index is 0.0171. The first-order valence-electron chi connectivity index (χ1n) is 12.4. The largest absolute Gasteiger partial charge is 0.478 e. The molecular formula is C29H33NO4. The highest BCUT2D eigenvalue weighted by atomic mass is 16.6. The Balaban J connectivity index is 1.50. The van der Waals surface area contributed by atoms with E-state index in [4.69, 9.17) is 9.84 Å². The first-order valence-corrected chi connectivity index (χ1v) is 12.4. The second kappa shape index (κ2) is 8.94. The van der Waals surface area contributed by atoms with Gasteiger partial charge >= 0.3 is 12.1 Å². The van der Waals surface area contributed by atoms with E-state index in [1.807, 2.05) is 50.2 Å². The predicted octanol–water partition coefficient (Wildman–Crippen LogP) is 6.42. The Labute approximate surface area is 201 Å². The SMILES string of the molecule is CC(C)NC(=O)Oc1ccc(-c2ccc(/C=C/C(=O)O)cc2)cc1C12CC3CC(CC(C3)C1)C2. The molecule has 0 spiro atoms. The van der Waals surface area contributed by atoms with Gasteiger partial charge in [-0.05, 0) is 110 Å². The quantitative estimate of drug-likeness (QED) is 0.489. The molecule has 4 fully saturated rings. The summed E-state index contributed by atoms with van der Waals surface area (Å²) >= 11 is 0. The molecule has 0 aromatic heterocycles. The van der Waals surface area contributed by atoms with E-state index < -0.39 is 12.1 Å². The van der Waals surface area contributed by atoms with Crippen molar-refractivity contribution in [2.24, 2.45) is 17.8 Å². The third-order valence-corrected chi connectivity index (χ3v) is 7.86. The highest BCUT2D eigenvalue weighted by Crippen LogP contribution is 2.62. The second-order valence-corrected chi connectivity index (χ2v) is 10.9. The van der Waals surface area contributed by atoms with Crippen molar-refractivity contribution in [3.63, 3.8) is 0 Å². The van der Waals surface area contributed by atoms with E-state index in [1.54, 1.807) is 6.08 Å². The molecule has 0 heterocycles. The van der Waals surface area contributed by atoms with Crippen molar-refractivity contribution < 1.29 is 19.4 Å². The van der Waals surface area contributed by atoms with Gasteiger partial charge in [0.25, 0.3) is 0 Å². The van der Waals surface area contributed by atoms with Crippen LogP contribution in [0.5, 0.6) is 5.75 Å². The maximum absolute atomic E-state index is 12.5. The molecule has 0 aliphatic heterocycles. The smallest absolute Gasteiger partial charge is 0.412 e. The maximum atomic E-state index is 12.5. The lowest BCUT2D eigenvalue weighted by atomic mass is 9.48. The van der Waals surface area contributed by atoms with E-state index in [1.165, 1.54) is 44.1 Å². The van der Waals surface area contributed by atoms with Crippen molar-refractivity contribution in [3.8, 4) is 16.9 Å². The fourth-order valence-electron chi connectivity index (χ4n) is 6.97. The molecule has 4 aliphatic carbocycles. The van der Waals surface area contributed by atoms with Crippen molar-refractivity contribution in [2.75, 3.05) is 0 Å². The summed E-state index contributed by atoms with van der Waals surface area (Å²) in [5, 5.41) is 11.7. The number of rotatable bonds is 6. The standard InChI is InChI=1S/C29H33NO4/c1-18(2)30-28(33)34-26-9-8-24(23-6-3-19(4-7-23)5-10-27(31)32)14-25(26)29-15-20-11-21(16-29)13-22(12-20)17-29/h3-10,14,18,20-22H,11-13,15-17H2,1-2H3,(H,30,33)(H,31,32)/b10-5+. The molecule has 2 aromatic rings. The first kappa shape index (κ1) is 22.7. The van der Waals surface area contributed by atoms with Crippen LogP contribution in [0.4, 0.5) is 4.79 Å². The average molecular weight is 460 g/mol. The fraction of sp³-hybridized carbons (Fsp3) is 0.448. The highest BCUT2D eigenvalue weighted by molar-refractivity contribution is 5.85. The zero-order valence-electron chi connectivity index (χ0n) is 19.9. The van der Waals surface area contributed by atoms with Gasteiger partial charge in [-0.2, -0.15) is 0 Å². The van der Waals surface area contributed by atoms with Gasteiger partial charge in [-0.15, -0.1) is 0 Å². The molecule has 4 aliphatic rings. The van der Waals surface area contributed by atoms with Gasteiger partial charge in [-0.25, -0.2) is 9.59 Å². The number of carboxylic acids is 1. The van der Waals surface area contributed by atoms with Crippen LogP contribution in [0.3, 0.4) is 0 Å². The summed E-state index contributed by atoms with van der Waals surface area (Å²) < 4.78 is 5.90. The molecule has 34 heavy (non-hydrogen) atoms. The van der Waals surface area contributed by atoms with Crippen LogP contribution in [0.25, 0.3) is 17.2 Å². The number of amides is 1. The summed E-state index contributed by atoms with van der Waals surface area (Å²) in [5.41, 5.74) is 4.27. The Morgan fingerprint density at radius 1 is 0.971 bits per heavy atom. The molecule has 0 unspecified atom stereocenters. The van der Waals surface area contributed by atoms with Gasteiger partial charge in [-0.3, -0.25) is 0 Å². The van der Waals surface area contributed by atoms with E-state index in [9.17, 15) is 9.59 Å². The summed E-state index contributed by atoms with van der Waals surface area (Å²) in [7, 11) is 0. The van der Waals surface area contributed by atoms with Crippen molar-refractivity contribution >= 4 is 18.1 Å². The van der Waals surface area contributed by atoms with E-state index in [-0.39, 0.29) is 11.5 Å². The summed E-state index contributed by atoms with van der Waals surface area (Å²) in [4.78, 5) is 23.3. The number of benzene rings is 2. The van der Waals surface area contributed by atoms with Gasteiger partial charge in [0.2, 0.25) is 0 Å². The van der Waals surface area contributed by atoms with Crippen LogP contribution in [-0.4, -0.2) is 23.2 Å². The third kappa shape index (κ3) is 4.61. The van der Waals surface area contributed by atoms with Gasteiger partial charge in [-0.1, -0.05) is 30.3 Å². The number of hydrogen-bond acceptors (Lipinski definition) is 3. The molecule has 6 rings (SSSR count).